The van der Waals surface area contributed by atoms with Gasteiger partial charge in [-0.15, -0.1) is 0 Å². The van der Waals surface area contributed by atoms with E-state index in [4.69, 9.17) is 5.73 Å². The van der Waals surface area contributed by atoms with Gasteiger partial charge in [0.2, 0.25) is 5.91 Å². The van der Waals surface area contributed by atoms with Gasteiger partial charge in [0.15, 0.2) is 0 Å². The monoisotopic (exact) mass is 249 g/mol. The lowest BCUT2D eigenvalue weighted by Gasteiger charge is -2.17. The van der Waals surface area contributed by atoms with Crippen molar-refractivity contribution in [2.75, 3.05) is 24.3 Å². The van der Waals surface area contributed by atoms with Crippen LogP contribution in [-0.2, 0) is 4.79 Å². The van der Waals surface area contributed by atoms with E-state index < -0.39 is 0 Å². The van der Waals surface area contributed by atoms with Gasteiger partial charge in [0.1, 0.15) is 0 Å². The number of aryl methyl sites for hydroxylation is 1. The van der Waals surface area contributed by atoms with E-state index in [1.807, 2.05) is 44.1 Å². The molecule has 1 rings (SSSR count). The van der Waals surface area contributed by atoms with Gasteiger partial charge in [-0.2, -0.15) is 0 Å². The topological polar surface area (TPSA) is 58.4 Å². The van der Waals surface area contributed by atoms with Crippen molar-refractivity contribution < 1.29 is 4.79 Å². The van der Waals surface area contributed by atoms with Crippen molar-refractivity contribution in [1.82, 2.24) is 0 Å². The molecule has 0 aliphatic rings. The van der Waals surface area contributed by atoms with Crippen molar-refractivity contribution in [3.05, 3.63) is 23.8 Å². The van der Waals surface area contributed by atoms with Crippen LogP contribution in [0.5, 0.6) is 0 Å². The summed E-state index contributed by atoms with van der Waals surface area (Å²) in [6.45, 7) is 3.96. The number of carbonyl (C=O) groups is 1. The molecule has 1 amide bonds. The van der Waals surface area contributed by atoms with Gasteiger partial charge in [-0.3, -0.25) is 4.79 Å². The summed E-state index contributed by atoms with van der Waals surface area (Å²) >= 11 is 0. The number of nitrogens with one attached hydrogen (secondary N) is 1. The highest BCUT2D eigenvalue weighted by atomic mass is 16.1. The molecule has 100 valence electrons. The number of anilines is 2. The molecule has 1 atom stereocenters. The molecule has 4 heteroatoms. The summed E-state index contributed by atoms with van der Waals surface area (Å²) in [6, 6.07) is 5.98. The standard InChI is InChI=1S/C14H23N3O/c1-10-5-7-12(9-13(10)17(3)4)16-14(18)8-6-11(2)15/h5,7,9,11H,6,8,15H2,1-4H3,(H,16,18). The molecule has 0 aliphatic heterocycles. The molecule has 3 N–H and O–H groups in total. The van der Waals surface area contributed by atoms with Crippen molar-refractivity contribution in [2.45, 2.75) is 32.7 Å². The Morgan fingerprint density at radius 2 is 2.11 bits per heavy atom. The Bertz CT molecular complexity index is 414. The minimum absolute atomic E-state index is 0.0147. The van der Waals surface area contributed by atoms with Crippen LogP contribution in [0.25, 0.3) is 0 Å². The van der Waals surface area contributed by atoms with Gasteiger partial charge in [-0.25, -0.2) is 0 Å². The van der Waals surface area contributed by atoms with E-state index in [1.54, 1.807) is 0 Å². The van der Waals surface area contributed by atoms with Crippen molar-refractivity contribution in [3.8, 4) is 0 Å². The third kappa shape index (κ3) is 4.37. The fourth-order valence-corrected chi connectivity index (χ4v) is 1.75. The van der Waals surface area contributed by atoms with E-state index in [9.17, 15) is 4.79 Å². The van der Waals surface area contributed by atoms with Gasteiger partial charge in [-0.1, -0.05) is 6.07 Å². The second kappa shape index (κ2) is 6.40. The molecule has 1 aromatic carbocycles. The second-order valence-corrected chi connectivity index (χ2v) is 4.96. The normalized spacial score (nSPS) is 12.1. The van der Waals surface area contributed by atoms with E-state index in [0.29, 0.717) is 12.8 Å². The zero-order chi connectivity index (χ0) is 13.7. The molecule has 18 heavy (non-hydrogen) atoms. The molecule has 0 spiro atoms. The van der Waals surface area contributed by atoms with Crippen LogP contribution < -0.4 is 16.0 Å². The van der Waals surface area contributed by atoms with Crippen molar-refractivity contribution in [1.29, 1.82) is 0 Å². The zero-order valence-electron chi connectivity index (χ0n) is 11.7. The first-order chi connectivity index (χ1) is 8.40. The molecule has 0 fully saturated rings. The molecule has 0 saturated heterocycles. The summed E-state index contributed by atoms with van der Waals surface area (Å²) in [5, 5.41) is 2.90. The first kappa shape index (κ1) is 14.5. The molecule has 4 nitrogen and oxygen atoms in total. The van der Waals surface area contributed by atoms with Gasteiger partial charge in [0.25, 0.3) is 0 Å². The molecule has 0 radical (unpaired) electrons. The highest BCUT2D eigenvalue weighted by Gasteiger charge is 2.06. The van der Waals surface area contributed by atoms with Crippen LogP contribution in [0.15, 0.2) is 18.2 Å². The minimum atomic E-state index is 0.0147. The number of rotatable bonds is 5. The summed E-state index contributed by atoms with van der Waals surface area (Å²) in [6.07, 6.45) is 1.17. The highest BCUT2D eigenvalue weighted by molar-refractivity contribution is 5.91. The van der Waals surface area contributed by atoms with Crippen LogP contribution >= 0.6 is 0 Å². The van der Waals surface area contributed by atoms with E-state index in [0.717, 1.165) is 11.4 Å². The fraction of sp³-hybridized carbons (Fsp3) is 0.500. The highest BCUT2D eigenvalue weighted by Crippen LogP contribution is 2.22. The largest absolute Gasteiger partial charge is 0.377 e. The van der Waals surface area contributed by atoms with Gasteiger partial charge in [-0.05, 0) is 38.0 Å². The lowest BCUT2D eigenvalue weighted by Crippen LogP contribution is -2.19. The number of carbonyl (C=O) groups excluding carboxylic acids is 1. The first-order valence-electron chi connectivity index (χ1n) is 6.23. The summed E-state index contributed by atoms with van der Waals surface area (Å²) in [7, 11) is 3.98. The average molecular weight is 249 g/mol. The molecular formula is C14H23N3O. The van der Waals surface area contributed by atoms with Crippen LogP contribution in [0.4, 0.5) is 11.4 Å². The van der Waals surface area contributed by atoms with Crippen LogP contribution in [0.1, 0.15) is 25.3 Å². The van der Waals surface area contributed by atoms with Crippen LogP contribution in [0.2, 0.25) is 0 Å². The van der Waals surface area contributed by atoms with Crippen LogP contribution in [0.3, 0.4) is 0 Å². The number of nitrogens with two attached hydrogens (primary N) is 1. The van der Waals surface area contributed by atoms with E-state index in [2.05, 4.69) is 12.2 Å². The summed E-state index contributed by atoms with van der Waals surface area (Å²) in [4.78, 5) is 13.7. The summed E-state index contributed by atoms with van der Waals surface area (Å²) < 4.78 is 0. The Morgan fingerprint density at radius 3 is 2.67 bits per heavy atom. The quantitative estimate of drug-likeness (QED) is 0.840. The van der Waals surface area contributed by atoms with Crippen LogP contribution in [-0.4, -0.2) is 26.0 Å². The number of hydrogen-bond donors (Lipinski definition) is 2. The molecule has 0 aromatic heterocycles. The van der Waals surface area contributed by atoms with Crippen LogP contribution in [0, 0.1) is 6.92 Å². The Kier molecular flexibility index (Phi) is 5.16. The number of benzene rings is 1. The molecule has 0 heterocycles. The smallest absolute Gasteiger partial charge is 0.224 e. The SMILES string of the molecule is Cc1ccc(NC(=O)CCC(C)N)cc1N(C)C. The number of nitrogens with zero attached hydrogens (tertiary/aromatic N) is 1. The third-order valence-electron chi connectivity index (χ3n) is 2.80. The molecule has 0 aliphatic carbocycles. The Labute approximate surface area is 109 Å². The maximum Gasteiger partial charge on any atom is 0.224 e. The second-order valence-electron chi connectivity index (χ2n) is 4.96. The Hall–Kier alpha value is -1.55. The van der Waals surface area contributed by atoms with Gasteiger partial charge in [0.05, 0.1) is 0 Å². The Balaban J connectivity index is 2.67. The lowest BCUT2D eigenvalue weighted by atomic mass is 10.1. The minimum Gasteiger partial charge on any atom is -0.377 e. The number of amides is 1. The van der Waals surface area contributed by atoms with Crippen molar-refractivity contribution >= 4 is 17.3 Å². The molecule has 0 bridgehead atoms. The molecule has 1 unspecified atom stereocenters. The predicted octanol–water partition coefficient (Wildman–Crippen LogP) is 2.13. The molecule has 1 aromatic rings. The molecular weight excluding hydrogens is 226 g/mol. The Morgan fingerprint density at radius 1 is 1.44 bits per heavy atom. The van der Waals surface area contributed by atoms with E-state index in [-0.39, 0.29) is 11.9 Å². The maximum absolute atomic E-state index is 11.7. The van der Waals surface area contributed by atoms with Crippen molar-refractivity contribution in [3.63, 3.8) is 0 Å². The lowest BCUT2D eigenvalue weighted by molar-refractivity contribution is -0.116. The first-order valence-corrected chi connectivity index (χ1v) is 6.23. The summed E-state index contributed by atoms with van der Waals surface area (Å²) in [5.41, 5.74) is 8.76. The molecule has 0 saturated carbocycles. The maximum atomic E-state index is 11.7. The van der Waals surface area contributed by atoms with Gasteiger partial charge >= 0.3 is 0 Å². The van der Waals surface area contributed by atoms with E-state index >= 15 is 0 Å². The zero-order valence-corrected chi connectivity index (χ0v) is 11.7. The average Bonchev–Trinajstić information content (AvgIpc) is 2.28. The van der Waals surface area contributed by atoms with E-state index in [1.165, 1.54) is 5.56 Å². The predicted molar refractivity (Wildman–Crippen MR) is 77.0 cm³/mol. The third-order valence-corrected chi connectivity index (χ3v) is 2.80. The van der Waals surface area contributed by atoms with Gasteiger partial charge in [0, 0.05) is 37.9 Å². The van der Waals surface area contributed by atoms with Crippen molar-refractivity contribution in [2.24, 2.45) is 5.73 Å². The van der Waals surface area contributed by atoms with Gasteiger partial charge < -0.3 is 16.0 Å². The number of hydrogen-bond acceptors (Lipinski definition) is 3. The fourth-order valence-electron chi connectivity index (χ4n) is 1.75. The summed E-state index contributed by atoms with van der Waals surface area (Å²) in [5.74, 6) is 0.0147.